The molecule has 1 rings (SSSR count). The van der Waals surface area contributed by atoms with Crippen LogP contribution < -0.4 is 10.9 Å². The van der Waals surface area contributed by atoms with Crippen LogP contribution in [0.2, 0.25) is 0 Å². The second-order valence-electron chi connectivity index (χ2n) is 2.14. The fraction of sp³-hybridized carbons (Fsp3) is 0.714. The maximum Gasteiger partial charge on any atom is 0.241 e. The zero-order valence-electron chi connectivity index (χ0n) is 7.10. The van der Waals surface area contributed by atoms with E-state index in [1.54, 1.807) is 6.92 Å². The van der Waals surface area contributed by atoms with Crippen molar-refractivity contribution in [1.82, 2.24) is 10.9 Å². The van der Waals surface area contributed by atoms with Crippen molar-refractivity contribution in [3.8, 4) is 0 Å². The van der Waals surface area contributed by atoms with Crippen molar-refractivity contribution >= 4 is 11.8 Å². The first-order valence-electron chi connectivity index (χ1n) is 3.79. The molecule has 4 nitrogen and oxygen atoms in total. The highest BCUT2D eigenvalue weighted by Crippen LogP contribution is 2.03. The van der Waals surface area contributed by atoms with E-state index in [1.807, 2.05) is 13.8 Å². The van der Waals surface area contributed by atoms with Gasteiger partial charge in [-0.2, -0.15) is 0 Å². The molecule has 0 aromatic rings. The summed E-state index contributed by atoms with van der Waals surface area (Å²) in [5.74, 6) is -0.421. The van der Waals surface area contributed by atoms with E-state index in [-0.39, 0.29) is 17.7 Å². The van der Waals surface area contributed by atoms with Gasteiger partial charge >= 0.3 is 0 Å². The van der Waals surface area contributed by atoms with E-state index in [1.165, 1.54) is 0 Å². The average molecular weight is 158 g/mol. The highest BCUT2D eigenvalue weighted by Gasteiger charge is 2.21. The van der Waals surface area contributed by atoms with Gasteiger partial charge in [0.1, 0.15) is 0 Å². The topological polar surface area (TPSA) is 58.2 Å². The molecule has 1 heterocycles. The lowest BCUT2D eigenvalue weighted by molar-refractivity contribution is -0.137. The van der Waals surface area contributed by atoms with Gasteiger partial charge in [0.25, 0.3) is 0 Å². The molecule has 1 atom stereocenters. The summed E-state index contributed by atoms with van der Waals surface area (Å²) in [6, 6.07) is 0. The van der Waals surface area contributed by atoms with Gasteiger partial charge < -0.3 is 0 Å². The molecule has 0 saturated carbocycles. The minimum absolute atomic E-state index is 0.116. The third kappa shape index (κ3) is 3.02. The van der Waals surface area contributed by atoms with Crippen LogP contribution in [0.5, 0.6) is 0 Å². The van der Waals surface area contributed by atoms with Crippen molar-refractivity contribution in [3.63, 3.8) is 0 Å². The quantitative estimate of drug-likeness (QED) is 0.529. The van der Waals surface area contributed by atoms with E-state index in [2.05, 4.69) is 10.9 Å². The smallest absolute Gasteiger partial charge is 0.241 e. The number of hydrogen-bond acceptors (Lipinski definition) is 2. The first kappa shape index (κ1) is 9.94. The van der Waals surface area contributed by atoms with Crippen LogP contribution >= 0.6 is 0 Å². The summed E-state index contributed by atoms with van der Waals surface area (Å²) in [7, 11) is 0. The summed E-state index contributed by atoms with van der Waals surface area (Å²) in [6.07, 6.45) is 0.297. The molecule has 2 N–H and O–H groups in total. The summed E-state index contributed by atoms with van der Waals surface area (Å²) < 4.78 is 0. The maximum absolute atomic E-state index is 10.6. The number of nitrogens with one attached hydrogen (secondary N) is 2. The van der Waals surface area contributed by atoms with E-state index in [4.69, 9.17) is 0 Å². The van der Waals surface area contributed by atoms with E-state index in [9.17, 15) is 9.59 Å². The van der Waals surface area contributed by atoms with Crippen LogP contribution in [0.15, 0.2) is 0 Å². The minimum Gasteiger partial charge on any atom is -0.273 e. The highest BCUT2D eigenvalue weighted by atomic mass is 16.2. The molecule has 0 radical (unpaired) electrons. The predicted molar refractivity (Wildman–Crippen MR) is 41.4 cm³/mol. The van der Waals surface area contributed by atoms with Crippen molar-refractivity contribution < 1.29 is 9.59 Å². The normalized spacial score (nSPS) is 22.6. The minimum atomic E-state index is -0.182. The molecule has 0 aliphatic carbocycles. The van der Waals surface area contributed by atoms with Crippen LogP contribution in [0.3, 0.4) is 0 Å². The molecule has 64 valence electrons. The molecule has 1 aliphatic heterocycles. The van der Waals surface area contributed by atoms with Gasteiger partial charge in [0, 0.05) is 12.3 Å². The second-order valence-corrected chi connectivity index (χ2v) is 2.14. The number of hydrazine groups is 1. The Labute approximate surface area is 66.3 Å². The average Bonchev–Trinajstić information content (AvgIpc) is 2.02. The van der Waals surface area contributed by atoms with E-state index in [0.29, 0.717) is 6.42 Å². The molecule has 1 fully saturated rings. The Bertz CT molecular complexity index is 157. The van der Waals surface area contributed by atoms with Gasteiger partial charge in [0.05, 0.1) is 0 Å². The van der Waals surface area contributed by atoms with Crippen LogP contribution in [0.1, 0.15) is 27.2 Å². The molecule has 1 aliphatic rings. The third-order valence-corrected chi connectivity index (χ3v) is 1.26. The van der Waals surface area contributed by atoms with Crippen molar-refractivity contribution in [2.45, 2.75) is 27.2 Å². The Balaban J connectivity index is 0.000000461. The molecule has 1 unspecified atom stereocenters. The van der Waals surface area contributed by atoms with Gasteiger partial charge in [0.15, 0.2) is 0 Å². The zero-order chi connectivity index (χ0) is 8.85. The summed E-state index contributed by atoms with van der Waals surface area (Å²) in [5, 5.41) is 0. The van der Waals surface area contributed by atoms with Crippen LogP contribution in [-0.2, 0) is 9.59 Å². The van der Waals surface area contributed by atoms with E-state index >= 15 is 0 Å². The van der Waals surface area contributed by atoms with Gasteiger partial charge in [-0.15, -0.1) is 0 Å². The van der Waals surface area contributed by atoms with Gasteiger partial charge in [-0.05, 0) is 0 Å². The fourth-order valence-corrected chi connectivity index (χ4v) is 0.676. The maximum atomic E-state index is 10.6. The lowest BCUT2D eigenvalue weighted by Gasteiger charge is -2.17. The Kier molecular flexibility index (Phi) is 4.26. The number of carbonyl (C=O) groups excluding carboxylic acids is 2. The Morgan fingerprint density at radius 2 is 1.82 bits per heavy atom. The molecule has 2 amide bonds. The first-order chi connectivity index (χ1) is 5.20. The Morgan fingerprint density at radius 3 is 2.18 bits per heavy atom. The van der Waals surface area contributed by atoms with Crippen molar-refractivity contribution in [3.05, 3.63) is 0 Å². The van der Waals surface area contributed by atoms with Crippen molar-refractivity contribution in [1.29, 1.82) is 0 Å². The SMILES string of the molecule is CC.CC1CC(=O)NNC1=O. The fourth-order valence-electron chi connectivity index (χ4n) is 0.676. The Morgan fingerprint density at radius 1 is 1.27 bits per heavy atom. The molecule has 0 aromatic heterocycles. The van der Waals surface area contributed by atoms with Crippen LogP contribution in [0.25, 0.3) is 0 Å². The van der Waals surface area contributed by atoms with E-state index < -0.39 is 0 Å². The lowest BCUT2D eigenvalue weighted by Crippen LogP contribution is -2.50. The largest absolute Gasteiger partial charge is 0.273 e. The van der Waals surface area contributed by atoms with Gasteiger partial charge in [0.2, 0.25) is 11.8 Å². The number of hydrogen-bond donors (Lipinski definition) is 2. The van der Waals surface area contributed by atoms with Crippen LogP contribution in [-0.4, -0.2) is 11.8 Å². The summed E-state index contributed by atoms with van der Waals surface area (Å²) in [6.45, 7) is 5.72. The monoisotopic (exact) mass is 158 g/mol. The summed E-state index contributed by atoms with van der Waals surface area (Å²) in [4.78, 5) is 21.1. The van der Waals surface area contributed by atoms with Crippen LogP contribution in [0.4, 0.5) is 0 Å². The molecule has 4 heteroatoms. The van der Waals surface area contributed by atoms with Gasteiger partial charge in [-0.25, -0.2) is 0 Å². The number of carbonyl (C=O) groups is 2. The molecule has 1 saturated heterocycles. The summed E-state index contributed by atoms with van der Waals surface area (Å²) >= 11 is 0. The molecule has 0 spiro atoms. The highest BCUT2D eigenvalue weighted by molar-refractivity contribution is 5.90. The number of rotatable bonds is 0. The predicted octanol–water partition coefficient (Wildman–Crippen LogP) is 0.200. The lowest BCUT2D eigenvalue weighted by atomic mass is 10.1. The molecule has 11 heavy (non-hydrogen) atoms. The number of amides is 2. The molecule has 0 bridgehead atoms. The first-order valence-corrected chi connectivity index (χ1v) is 3.79. The third-order valence-electron chi connectivity index (χ3n) is 1.26. The van der Waals surface area contributed by atoms with Gasteiger partial charge in [-0.1, -0.05) is 20.8 Å². The molecular formula is C7H14N2O2. The molecular weight excluding hydrogens is 144 g/mol. The standard InChI is InChI=1S/C5H8N2O2.C2H6/c1-3-2-4(8)6-7-5(3)9;1-2/h3H,2H2,1H3,(H,6,8)(H,7,9);1-2H3. The zero-order valence-corrected chi connectivity index (χ0v) is 7.10. The van der Waals surface area contributed by atoms with Crippen molar-refractivity contribution in [2.75, 3.05) is 0 Å². The van der Waals surface area contributed by atoms with Gasteiger partial charge in [-0.3, -0.25) is 20.4 Å². The summed E-state index contributed by atoms with van der Waals surface area (Å²) in [5.41, 5.74) is 4.47. The molecule has 0 aromatic carbocycles. The van der Waals surface area contributed by atoms with E-state index in [0.717, 1.165) is 0 Å². The Hall–Kier alpha value is -1.06. The second kappa shape index (κ2) is 4.71. The van der Waals surface area contributed by atoms with Crippen LogP contribution in [0, 0.1) is 5.92 Å². The van der Waals surface area contributed by atoms with Crippen molar-refractivity contribution in [2.24, 2.45) is 5.92 Å².